The minimum absolute atomic E-state index is 0.188. The summed E-state index contributed by atoms with van der Waals surface area (Å²) in [6, 6.07) is 0.441. The second kappa shape index (κ2) is 6.05. The maximum absolute atomic E-state index is 11.0. The minimum atomic E-state index is -0.701. The van der Waals surface area contributed by atoms with E-state index < -0.39 is 5.97 Å². The predicted molar refractivity (Wildman–Crippen MR) is 74.6 cm³/mol. The average Bonchev–Trinajstić information content (AvgIpc) is 2.13. The molecular weight excluding hydrogens is 226 g/mol. The summed E-state index contributed by atoms with van der Waals surface area (Å²) >= 11 is 0. The normalized spacial score (nSPS) is 27.7. The van der Waals surface area contributed by atoms with Crippen LogP contribution in [0, 0.1) is 17.3 Å². The van der Waals surface area contributed by atoms with E-state index in [1.54, 1.807) is 0 Å². The molecule has 0 radical (unpaired) electrons. The molecule has 0 aliphatic heterocycles. The fraction of sp³-hybridized carbons (Fsp3) is 0.933. The molecule has 3 nitrogen and oxygen atoms in total. The molecule has 2 unspecified atom stereocenters. The minimum Gasteiger partial charge on any atom is -0.480 e. The van der Waals surface area contributed by atoms with Crippen molar-refractivity contribution in [2.45, 2.75) is 59.9 Å². The first-order valence-corrected chi connectivity index (χ1v) is 7.17. The number of carboxylic acid groups (broad SMARTS) is 1. The molecule has 1 fully saturated rings. The third-order valence-electron chi connectivity index (χ3n) is 4.06. The highest BCUT2D eigenvalue weighted by molar-refractivity contribution is 5.69. The van der Waals surface area contributed by atoms with Crippen molar-refractivity contribution in [1.29, 1.82) is 0 Å². The highest BCUT2D eigenvalue weighted by atomic mass is 16.4. The molecule has 0 saturated heterocycles. The third kappa shape index (κ3) is 4.60. The predicted octanol–water partition coefficient (Wildman–Crippen LogP) is 3.24. The van der Waals surface area contributed by atoms with Crippen molar-refractivity contribution < 1.29 is 9.90 Å². The van der Waals surface area contributed by atoms with Gasteiger partial charge in [0.25, 0.3) is 0 Å². The number of hydrogen-bond acceptors (Lipinski definition) is 2. The highest BCUT2D eigenvalue weighted by Gasteiger charge is 2.35. The zero-order valence-corrected chi connectivity index (χ0v) is 12.6. The molecule has 2 atom stereocenters. The zero-order valence-electron chi connectivity index (χ0n) is 12.6. The first-order chi connectivity index (χ1) is 8.21. The van der Waals surface area contributed by atoms with Gasteiger partial charge in [-0.15, -0.1) is 0 Å². The second-order valence-electron chi connectivity index (χ2n) is 7.17. The fourth-order valence-electron chi connectivity index (χ4n) is 3.44. The lowest BCUT2D eigenvalue weighted by atomic mass is 9.70. The average molecular weight is 255 g/mol. The molecule has 1 aliphatic rings. The largest absolute Gasteiger partial charge is 0.480 e. The lowest BCUT2D eigenvalue weighted by molar-refractivity contribution is -0.139. The maximum Gasteiger partial charge on any atom is 0.317 e. The summed E-state index contributed by atoms with van der Waals surface area (Å²) in [5, 5.41) is 9.07. The Kier molecular flexibility index (Phi) is 5.20. The van der Waals surface area contributed by atoms with Crippen LogP contribution in [-0.2, 0) is 4.79 Å². The molecule has 106 valence electrons. The number of aliphatic carboxylic acids is 1. The van der Waals surface area contributed by atoms with Crippen LogP contribution < -0.4 is 0 Å². The summed E-state index contributed by atoms with van der Waals surface area (Å²) in [5.74, 6) is 0.408. The molecule has 0 heterocycles. The van der Waals surface area contributed by atoms with Crippen LogP contribution in [0.4, 0.5) is 0 Å². The van der Waals surface area contributed by atoms with Crippen LogP contribution in [0.3, 0.4) is 0 Å². The van der Waals surface area contributed by atoms with E-state index in [1.165, 1.54) is 12.8 Å². The Morgan fingerprint density at radius 3 is 2.50 bits per heavy atom. The van der Waals surface area contributed by atoms with Crippen molar-refractivity contribution in [3.63, 3.8) is 0 Å². The second-order valence-corrected chi connectivity index (χ2v) is 7.17. The Labute approximate surface area is 112 Å². The van der Waals surface area contributed by atoms with Gasteiger partial charge in [-0.3, -0.25) is 9.69 Å². The van der Waals surface area contributed by atoms with E-state index in [0.717, 1.165) is 13.0 Å². The number of hydrogen-bond donors (Lipinski definition) is 1. The van der Waals surface area contributed by atoms with Crippen molar-refractivity contribution in [3.05, 3.63) is 0 Å². The van der Waals surface area contributed by atoms with Gasteiger partial charge in [-0.25, -0.2) is 0 Å². The van der Waals surface area contributed by atoms with Gasteiger partial charge in [0.1, 0.15) is 0 Å². The Hall–Kier alpha value is -0.570. The van der Waals surface area contributed by atoms with Crippen LogP contribution in [-0.4, -0.2) is 35.1 Å². The molecule has 0 aromatic carbocycles. The van der Waals surface area contributed by atoms with Crippen LogP contribution in [0.5, 0.6) is 0 Å². The smallest absolute Gasteiger partial charge is 0.317 e. The molecule has 0 aromatic heterocycles. The van der Waals surface area contributed by atoms with E-state index in [-0.39, 0.29) is 6.54 Å². The summed E-state index contributed by atoms with van der Waals surface area (Å²) in [6.45, 7) is 12.3. The van der Waals surface area contributed by atoms with Gasteiger partial charge in [0.2, 0.25) is 0 Å². The Morgan fingerprint density at radius 1 is 1.44 bits per heavy atom. The molecule has 0 amide bonds. The summed E-state index contributed by atoms with van der Waals surface area (Å²) in [4.78, 5) is 13.2. The topological polar surface area (TPSA) is 40.5 Å². The van der Waals surface area contributed by atoms with Gasteiger partial charge in [-0.1, -0.05) is 34.6 Å². The maximum atomic E-state index is 11.0. The van der Waals surface area contributed by atoms with Crippen molar-refractivity contribution in [2.24, 2.45) is 17.3 Å². The van der Waals surface area contributed by atoms with Gasteiger partial charge in [0, 0.05) is 12.6 Å². The van der Waals surface area contributed by atoms with Crippen LogP contribution in [0.15, 0.2) is 0 Å². The van der Waals surface area contributed by atoms with Crippen molar-refractivity contribution in [2.75, 3.05) is 13.1 Å². The van der Waals surface area contributed by atoms with E-state index in [0.29, 0.717) is 23.3 Å². The first kappa shape index (κ1) is 15.5. The Morgan fingerprint density at radius 2 is 2.06 bits per heavy atom. The lowest BCUT2D eigenvalue weighted by Crippen LogP contribution is -2.48. The Bertz CT molecular complexity index is 286. The summed E-state index contributed by atoms with van der Waals surface area (Å²) in [5.41, 5.74) is 0.419. The van der Waals surface area contributed by atoms with Crippen molar-refractivity contribution in [1.82, 2.24) is 4.90 Å². The quantitative estimate of drug-likeness (QED) is 0.820. The van der Waals surface area contributed by atoms with Gasteiger partial charge in [-0.2, -0.15) is 0 Å². The van der Waals surface area contributed by atoms with Gasteiger partial charge in [-0.05, 0) is 36.5 Å². The van der Waals surface area contributed by atoms with Crippen LogP contribution in [0.1, 0.15) is 53.9 Å². The van der Waals surface area contributed by atoms with Crippen molar-refractivity contribution in [3.8, 4) is 0 Å². The number of carbonyl (C=O) groups is 1. The van der Waals surface area contributed by atoms with Crippen molar-refractivity contribution >= 4 is 5.97 Å². The van der Waals surface area contributed by atoms with E-state index in [4.69, 9.17) is 5.11 Å². The molecule has 1 rings (SSSR count). The van der Waals surface area contributed by atoms with E-state index in [9.17, 15) is 4.79 Å². The molecular formula is C15H29NO2. The fourth-order valence-corrected chi connectivity index (χ4v) is 3.44. The van der Waals surface area contributed by atoms with Gasteiger partial charge < -0.3 is 5.11 Å². The Balaban J connectivity index is 2.70. The molecule has 0 aromatic rings. The summed E-state index contributed by atoms with van der Waals surface area (Å²) < 4.78 is 0. The molecule has 3 heteroatoms. The van der Waals surface area contributed by atoms with E-state index in [1.807, 2.05) is 0 Å². The number of carboxylic acids is 1. The molecule has 1 aliphatic carbocycles. The molecule has 18 heavy (non-hydrogen) atoms. The lowest BCUT2D eigenvalue weighted by Gasteiger charge is -2.44. The first-order valence-electron chi connectivity index (χ1n) is 7.17. The SMILES string of the molecule is CC(C)CN(CC(=O)O)C1CCC(C)(C)CC1C. The van der Waals surface area contributed by atoms with Gasteiger partial charge in [0.05, 0.1) is 6.54 Å². The molecule has 0 bridgehead atoms. The monoisotopic (exact) mass is 255 g/mol. The standard InChI is InChI=1S/C15H29NO2/c1-11(2)9-16(10-14(17)18)13-6-7-15(4,5)8-12(13)3/h11-13H,6-10H2,1-5H3,(H,17,18). The summed E-state index contributed by atoms with van der Waals surface area (Å²) in [7, 11) is 0. The van der Waals surface area contributed by atoms with Crippen LogP contribution in [0.25, 0.3) is 0 Å². The molecule has 0 spiro atoms. The third-order valence-corrected chi connectivity index (χ3v) is 4.06. The van der Waals surface area contributed by atoms with Gasteiger partial charge >= 0.3 is 5.97 Å². The van der Waals surface area contributed by atoms with E-state index in [2.05, 4.69) is 39.5 Å². The number of nitrogens with zero attached hydrogens (tertiary/aromatic N) is 1. The number of rotatable bonds is 5. The van der Waals surface area contributed by atoms with Crippen LogP contribution >= 0.6 is 0 Å². The van der Waals surface area contributed by atoms with Crippen LogP contribution in [0.2, 0.25) is 0 Å². The van der Waals surface area contributed by atoms with Gasteiger partial charge in [0.15, 0.2) is 0 Å². The molecule has 1 N–H and O–H groups in total. The molecule has 1 saturated carbocycles. The van der Waals surface area contributed by atoms with E-state index >= 15 is 0 Å². The summed E-state index contributed by atoms with van der Waals surface area (Å²) in [6.07, 6.45) is 3.54. The highest BCUT2D eigenvalue weighted by Crippen LogP contribution is 2.40. The zero-order chi connectivity index (χ0) is 13.9.